The number of carbonyl (C=O) groups excluding carboxylic acids is 1. The zero-order valence-electron chi connectivity index (χ0n) is 11.7. The number of esters is 1. The first-order valence-corrected chi connectivity index (χ1v) is 7.92. The molecule has 5 nitrogen and oxygen atoms in total. The average molecular weight is 296 g/mol. The van der Waals surface area contributed by atoms with Crippen molar-refractivity contribution in [1.29, 1.82) is 0 Å². The minimum absolute atomic E-state index is 0.244. The van der Waals surface area contributed by atoms with Gasteiger partial charge in [-0.3, -0.25) is 0 Å². The molecule has 1 aromatic rings. The first kappa shape index (κ1) is 14.8. The number of rotatable bonds is 4. The highest BCUT2D eigenvalue weighted by Gasteiger charge is 2.50. The third kappa shape index (κ3) is 2.51. The van der Waals surface area contributed by atoms with E-state index in [9.17, 15) is 9.36 Å². The highest BCUT2D eigenvalue weighted by atomic mass is 31.2. The minimum atomic E-state index is -3.45. The van der Waals surface area contributed by atoms with Gasteiger partial charge < -0.3 is 13.8 Å². The molecule has 0 bridgehead atoms. The molecule has 2 rings (SSSR count). The summed E-state index contributed by atoms with van der Waals surface area (Å²) < 4.78 is 28.2. The normalized spacial score (nSPS) is 25.4. The van der Waals surface area contributed by atoms with Gasteiger partial charge in [0.15, 0.2) is 0 Å². The van der Waals surface area contributed by atoms with E-state index in [1.165, 1.54) is 7.11 Å². The number of hydrogen-bond donors (Lipinski definition) is 0. The lowest BCUT2D eigenvalue weighted by atomic mass is 10.0. The molecule has 6 heteroatoms. The maximum Gasteiger partial charge on any atom is 0.390 e. The molecule has 0 radical (unpaired) electrons. The molecule has 1 aliphatic rings. The summed E-state index contributed by atoms with van der Waals surface area (Å²) in [4.78, 5) is 12.1. The second-order valence-corrected chi connectivity index (χ2v) is 6.46. The van der Waals surface area contributed by atoms with E-state index in [0.29, 0.717) is 11.3 Å². The Kier molecular flexibility index (Phi) is 4.31. The second-order valence-electron chi connectivity index (χ2n) is 4.32. The van der Waals surface area contributed by atoms with Gasteiger partial charge in [0.05, 0.1) is 12.2 Å². The maximum atomic E-state index is 12.7. The SMILES string of the molecule is CCOC(=O)C1=C(C)OP(=O)(OC)C1c1ccccc1. The fraction of sp³-hybridized carbons (Fsp3) is 0.357. The molecule has 0 aromatic heterocycles. The lowest BCUT2D eigenvalue weighted by Crippen LogP contribution is -2.13. The lowest BCUT2D eigenvalue weighted by molar-refractivity contribution is -0.138. The predicted molar refractivity (Wildman–Crippen MR) is 74.2 cm³/mol. The van der Waals surface area contributed by atoms with E-state index in [1.54, 1.807) is 26.0 Å². The van der Waals surface area contributed by atoms with Crippen LogP contribution in [0.15, 0.2) is 41.7 Å². The molecule has 0 saturated heterocycles. The molecule has 108 valence electrons. The van der Waals surface area contributed by atoms with Crippen LogP contribution in [0.25, 0.3) is 0 Å². The highest BCUT2D eigenvalue weighted by Crippen LogP contribution is 2.69. The van der Waals surface area contributed by atoms with Gasteiger partial charge in [-0.15, -0.1) is 0 Å². The van der Waals surface area contributed by atoms with Crippen molar-refractivity contribution in [3.05, 3.63) is 47.2 Å². The lowest BCUT2D eigenvalue weighted by Gasteiger charge is -2.19. The van der Waals surface area contributed by atoms with E-state index in [4.69, 9.17) is 13.8 Å². The molecule has 1 heterocycles. The summed E-state index contributed by atoms with van der Waals surface area (Å²) in [5, 5.41) is 0. The Hall–Kier alpha value is -1.58. The Morgan fingerprint density at radius 3 is 2.55 bits per heavy atom. The van der Waals surface area contributed by atoms with Crippen molar-refractivity contribution >= 4 is 13.6 Å². The van der Waals surface area contributed by atoms with Crippen molar-refractivity contribution in [3.8, 4) is 0 Å². The molecule has 0 aliphatic carbocycles. The molecule has 0 N–H and O–H groups in total. The van der Waals surface area contributed by atoms with E-state index in [2.05, 4.69) is 0 Å². The average Bonchev–Trinajstić information content (AvgIpc) is 2.72. The van der Waals surface area contributed by atoms with E-state index >= 15 is 0 Å². The Morgan fingerprint density at radius 2 is 2.00 bits per heavy atom. The quantitative estimate of drug-likeness (QED) is 0.629. The van der Waals surface area contributed by atoms with Crippen LogP contribution in [-0.2, 0) is 23.1 Å². The topological polar surface area (TPSA) is 61.8 Å². The highest BCUT2D eigenvalue weighted by molar-refractivity contribution is 7.55. The summed E-state index contributed by atoms with van der Waals surface area (Å²) >= 11 is 0. The zero-order chi connectivity index (χ0) is 14.8. The van der Waals surface area contributed by atoms with Crippen LogP contribution in [0, 0.1) is 0 Å². The molecule has 0 fully saturated rings. The van der Waals surface area contributed by atoms with Gasteiger partial charge in [0.2, 0.25) is 0 Å². The third-order valence-corrected chi connectivity index (χ3v) is 5.32. The smallest absolute Gasteiger partial charge is 0.390 e. The Balaban J connectivity index is 2.50. The molecule has 0 saturated carbocycles. The molecule has 0 spiro atoms. The van der Waals surface area contributed by atoms with Gasteiger partial charge in [0.25, 0.3) is 0 Å². The second kappa shape index (κ2) is 5.81. The van der Waals surface area contributed by atoms with Crippen molar-refractivity contribution in [2.45, 2.75) is 19.5 Å². The summed E-state index contributed by atoms with van der Waals surface area (Å²) in [6.07, 6.45) is 0. The number of carbonyl (C=O) groups is 1. The molecule has 20 heavy (non-hydrogen) atoms. The minimum Gasteiger partial charge on any atom is -0.463 e. The number of ether oxygens (including phenoxy) is 1. The Bertz CT molecular complexity index is 578. The van der Waals surface area contributed by atoms with E-state index in [1.807, 2.05) is 18.2 Å². The third-order valence-electron chi connectivity index (χ3n) is 3.10. The van der Waals surface area contributed by atoms with Gasteiger partial charge in [0.1, 0.15) is 11.4 Å². The molecule has 2 unspecified atom stereocenters. The zero-order valence-corrected chi connectivity index (χ0v) is 12.6. The van der Waals surface area contributed by atoms with Gasteiger partial charge in [-0.05, 0) is 19.4 Å². The predicted octanol–water partition coefficient (Wildman–Crippen LogP) is 3.43. The van der Waals surface area contributed by atoms with Crippen LogP contribution in [0.1, 0.15) is 25.1 Å². The van der Waals surface area contributed by atoms with Crippen LogP contribution in [0.5, 0.6) is 0 Å². The maximum absolute atomic E-state index is 12.7. The fourth-order valence-electron chi connectivity index (χ4n) is 2.23. The molecule has 0 amide bonds. The van der Waals surface area contributed by atoms with Gasteiger partial charge >= 0.3 is 13.6 Å². The van der Waals surface area contributed by atoms with Crippen molar-refractivity contribution in [2.24, 2.45) is 0 Å². The van der Waals surface area contributed by atoms with E-state index < -0.39 is 19.2 Å². The molecule has 2 atom stereocenters. The molecular formula is C14H17O5P. The van der Waals surface area contributed by atoms with Crippen LogP contribution in [0.3, 0.4) is 0 Å². The monoisotopic (exact) mass is 296 g/mol. The van der Waals surface area contributed by atoms with Crippen LogP contribution < -0.4 is 0 Å². The van der Waals surface area contributed by atoms with Crippen molar-refractivity contribution in [1.82, 2.24) is 0 Å². The van der Waals surface area contributed by atoms with Crippen LogP contribution in [0.4, 0.5) is 0 Å². The summed E-state index contributed by atoms with van der Waals surface area (Å²) in [5.41, 5.74) is 0.230. The first-order chi connectivity index (χ1) is 9.53. The standard InChI is InChI=1S/C14H17O5P/c1-4-18-14(15)12-10(2)19-20(16,17-3)13(12)11-8-6-5-7-9-11/h5-9,13H,4H2,1-3H3. The number of benzene rings is 1. The van der Waals surface area contributed by atoms with Crippen LogP contribution >= 0.6 is 7.60 Å². The largest absolute Gasteiger partial charge is 0.463 e. The van der Waals surface area contributed by atoms with Gasteiger partial charge in [0, 0.05) is 7.11 Å². The van der Waals surface area contributed by atoms with Crippen molar-refractivity contribution in [3.63, 3.8) is 0 Å². The summed E-state index contributed by atoms with van der Waals surface area (Å²) in [6.45, 7) is 3.56. The van der Waals surface area contributed by atoms with Crippen molar-refractivity contribution in [2.75, 3.05) is 13.7 Å². The summed E-state index contributed by atoms with van der Waals surface area (Å²) in [6, 6.07) is 9.05. The Labute approximate surface area is 118 Å². The first-order valence-electron chi connectivity index (χ1n) is 6.31. The molecule has 1 aliphatic heterocycles. The van der Waals surface area contributed by atoms with E-state index in [-0.39, 0.29) is 12.2 Å². The molecular weight excluding hydrogens is 279 g/mol. The van der Waals surface area contributed by atoms with Gasteiger partial charge in [-0.2, -0.15) is 0 Å². The van der Waals surface area contributed by atoms with Gasteiger partial charge in [-0.25, -0.2) is 9.36 Å². The fourth-order valence-corrected chi connectivity index (χ4v) is 4.25. The summed E-state index contributed by atoms with van der Waals surface area (Å²) in [5.74, 6) is -0.226. The molecule has 1 aromatic carbocycles. The van der Waals surface area contributed by atoms with E-state index in [0.717, 1.165) is 0 Å². The van der Waals surface area contributed by atoms with Crippen LogP contribution in [-0.4, -0.2) is 19.7 Å². The van der Waals surface area contributed by atoms with Gasteiger partial charge in [-0.1, -0.05) is 30.3 Å². The van der Waals surface area contributed by atoms with Crippen molar-refractivity contribution < 1.29 is 23.1 Å². The Morgan fingerprint density at radius 1 is 1.35 bits per heavy atom. The number of hydrogen-bond acceptors (Lipinski definition) is 5. The summed E-state index contributed by atoms with van der Waals surface area (Å²) in [7, 11) is -2.13. The van der Waals surface area contributed by atoms with Crippen LogP contribution in [0.2, 0.25) is 0 Å². The number of allylic oxidation sites excluding steroid dienone is 1.